The fourth-order valence-corrected chi connectivity index (χ4v) is 2.50. The Morgan fingerprint density at radius 3 is 2.43 bits per heavy atom. The van der Waals surface area contributed by atoms with E-state index in [2.05, 4.69) is 15.9 Å². The van der Waals surface area contributed by atoms with Crippen LogP contribution in [0, 0.1) is 5.82 Å². The van der Waals surface area contributed by atoms with Crippen LogP contribution in [0.15, 0.2) is 46.9 Å². The molecule has 0 aliphatic carbocycles. The molecule has 0 saturated heterocycles. The second-order valence-electron chi connectivity index (χ2n) is 4.84. The standard InChI is InChI=1S/C16H15BrFNO2/c1-10(11-3-5-15(20)6-4-11)19(2)16(21)12-7-13(17)9-14(18)8-12/h3-10,20H,1-2H3. The van der Waals surface area contributed by atoms with Crippen LogP contribution in [0.5, 0.6) is 5.75 Å². The fraction of sp³-hybridized carbons (Fsp3) is 0.188. The molecule has 1 amide bonds. The van der Waals surface area contributed by atoms with Crippen molar-refractivity contribution in [3.63, 3.8) is 0 Å². The second-order valence-corrected chi connectivity index (χ2v) is 5.76. The summed E-state index contributed by atoms with van der Waals surface area (Å²) in [4.78, 5) is 14.0. The van der Waals surface area contributed by atoms with Crippen LogP contribution in [-0.2, 0) is 0 Å². The monoisotopic (exact) mass is 351 g/mol. The number of benzene rings is 2. The van der Waals surface area contributed by atoms with E-state index in [0.29, 0.717) is 4.47 Å². The van der Waals surface area contributed by atoms with Crippen LogP contribution in [0.2, 0.25) is 0 Å². The zero-order valence-electron chi connectivity index (χ0n) is 11.7. The molecule has 2 rings (SSSR count). The SMILES string of the molecule is CC(c1ccc(O)cc1)N(C)C(=O)c1cc(F)cc(Br)c1. The molecular weight excluding hydrogens is 337 g/mol. The van der Waals surface area contributed by atoms with Crippen LogP contribution < -0.4 is 0 Å². The number of amides is 1. The first kappa shape index (κ1) is 15.5. The molecule has 0 fully saturated rings. The molecule has 1 atom stereocenters. The average molecular weight is 352 g/mol. The van der Waals surface area contributed by atoms with Crippen molar-refractivity contribution < 1.29 is 14.3 Å². The molecule has 0 radical (unpaired) electrons. The highest BCUT2D eigenvalue weighted by molar-refractivity contribution is 9.10. The number of nitrogens with zero attached hydrogens (tertiary/aromatic N) is 1. The molecule has 0 aliphatic heterocycles. The first-order valence-electron chi connectivity index (χ1n) is 6.40. The number of halogens is 2. The van der Waals surface area contributed by atoms with Gasteiger partial charge in [-0.1, -0.05) is 28.1 Å². The lowest BCUT2D eigenvalue weighted by molar-refractivity contribution is 0.0742. The number of phenols is 1. The largest absolute Gasteiger partial charge is 0.508 e. The summed E-state index contributed by atoms with van der Waals surface area (Å²) in [6, 6.07) is 10.6. The molecule has 1 N–H and O–H groups in total. The molecule has 3 nitrogen and oxygen atoms in total. The summed E-state index contributed by atoms with van der Waals surface area (Å²) in [5, 5.41) is 9.30. The molecule has 5 heteroatoms. The van der Waals surface area contributed by atoms with Gasteiger partial charge in [-0.2, -0.15) is 0 Å². The van der Waals surface area contributed by atoms with Gasteiger partial charge < -0.3 is 10.0 Å². The van der Waals surface area contributed by atoms with Crippen molar-refractivity contribution in [3.05, 3.63) is 63.9 Å². The third-order valence-electron chi connectivity index (χ3n) is 3.39. The number of carbonyl (C=O) groups excluding carboxylic acids is 1. The van der Waals surface area contributed by atoms with Crippen molar-refractivity contribution in [1.29, 1.82) is 0 Å². The van der Waals surface area contributed by atoms with E-state index < -0.39 is 5.82 Å². The molecule has 21 heavy (non-hydrogen) atoms. The number of rotatable bonds is 3. The van der Waals surface area contributed by atoms with Gasteiger partial charge in [-0.3, -0.25) is 4.79 Å². The molecule has 2 aromatic carbocycles. The zero-order valence-corrected chi connectivity index (χ0v) is 13.3. The Morgan fingerprint density at radius 1 is 1.24 bits per heavy atom. The highest BCUT2D eigenvalue weighted by atomic mass is 79.9. The van der Waals surface area contributed by atoms with E-state index in [-0.39, 0.29) is 23.3 Å². The van der Waals surface area contributed by atoms with Crippen LogP contribution in [0.3, 0.4) is 0 Å². The molecule has 2 aromatic rings. The number of hydrogen-bond donors (Lipinski definition) is 1. The normalized spacial score (nSPS) is 12.0. The van der Waals surface area contributed by atoms with Crippen molar-refractivity contribution in [2.24, 2.45) is 0 Å². The van der Waals surface area contributed by atoms with Gasteiger partial charge in [-0.15, -0.1) is 0 Å². The lowest BCUT2D eigenvalue weighted by atomic mass is 10.1. The summed E-state index contributed by atoms with van der Waals surface area (Å²) < 4.78 is 13.9. The minimum Gasteiger partial charge on any atom is -0.508 e. The minimum atomic E-state index is -0.460. The Morgan fingerprint density at radius 2 is 1.86 bits per heavy atom. The molecular formula is C16H15BrFNO2. The highest BCUT2D eigenvalue weighted by Gasteiger charge is 2.19. The van der Waals surface area contributed by atoms with E-state index in [0.717, 1.165) is 5.56 Å². The maximum Gasteiger partial charge on any atom is 0.254 e. The molecule has 1 unspecified atom stereocenters. The number of hydrogen-bond acceptors (Lipinski definition) is 2. The van der Waals surface area contributed by atoms with Crippen LogP contribution in [0.25, 0.3) is 0 Å². The first-order chi connectivity index (χ1) is 9.88. The smallest absolute Gasteiger partial charge is 0.254 e. The Labute approximate surface area is 131 Å². The molecule has 0 bridgehead atoms. The van der Waals surface area contributed by atoms with Crippen LogP contribution in [-0.4, -0.2) is 23.0 Å². The highest BCUT2D eigenvalue weighted by Crippen LogP contribution is 2.24. The number of carbonyl (C=O) groups is 1. The maximum absolute atomic E-state index is 13.4. The van der Waals surface area contributed by atoms with Gasteiger partial charge in [0.15, 0.2) is 0 Å². The van der Waals surface area contributed by atoms with Crippen molar-refractivity contribution in [1.82, 2.24) is 4.90 Å². The lowest BCUT2D eigenvalue weighted by Crippen LogP contribution is -2.29. The van der Waals surface area contributed by atoms with Gasteiger partial charge in [-0.05, 0) is 42.8 Å². The van der Waals surface area contributed by atoms with Gasteiger partial charge in [0.25, 0.3) is 5.91 Å². The van der Waals surface area contributed by atoms with Gasteiger partial charge >= 0.3 is 0 Å². The van der Waals surface area contributed by atoms with Gasteiger partial charge in [0.05, 0.1) is 6.04 Å². The lowest BCUT2D eigenvalue weighted by Gasteiger charge is -2.25. The van der Waals surface area contributed by atoms with E-state index in [1.165, 1.54) is 17.0 Å². The summed E-state index contributed by atoms with van der Waals surface area (Å²) >= 11 is 3.18. The second kappa shape index (κ2) is 6.26. The summed E-state index contributed by atoms with van der Waals surface area (Å²) in [5.41, 5.74) is 1.18. The third-order valence-corrected chi connectivity index (χ3v) is 3.84. The molecule has 0 aromatic heterocycles. The van der Waals surface area contributed by atoms with Crippen molar-refractivity contribution in [3.8, 4) is 5.75 Å². The van der Waals surface area contributed by atoms with Crippen molar-refractivity contribution in [2.45, 2.75) is 13.0 Å². The number of phenolic OH excluding ortho intramolecular Hbond substituents is 1. The Hall–Kier alpha value is -1.88. The summed E-state index contributed by atoms with van der Waals surface area (Å²) in [6.07, 6.45) is 0. The minimum absolute atomic E-state index is 0.175. The Balaban J connectivity index is 2.23. The van der Waals surface area contributed by atoms with Crippen molar-refractivity contribution in [2.75, 3.05) is 7.05 Å². The third kappa shape index (κ3) is 3.61. The molecule has 0 saturated carbocycles. The quantitative estimate of drug-likeness (QED) is 0.903. The number of aromatic hydroxyl groups is 1. The van der Waals surface area contributed by atoms with E-state index in [9.17, 15) is 14.3 Å². The average Bonchev–Trinajstić information content (AvgIpc) is 2.44. The molecule has 110 valence electrons. The van der Waals surface area contributed by atoms with E-state index in [1.54, 1.807) is 37.4 Å². The predicted molar refractivity (Wildman–Crippen MR) is 82.7 cm³/mol. The van der Waals surface area contributed by atoms with Crippen LogP contribution in [0.4, 0.5) is 4.39 Å². The van der Waals surface area contributed by atoms with Gasteiger partial charge in [0.2, 0.25) is 0 Å². The zero-order chi connectivity index (χ0) is 15.6. The Bertz CT molecular complexity index is 638. The molecule has 0 spiro atoms. The van der Waals surface area contributed by atoms with E-state index in [4.69, 9.17) is 0 Å². The van der Waals surface area contributed by atoms with E-state index >= 15 is 0 Å². The van der Waals surface area contributed by atoms with Gasteiger partial charge in [0, 0.05) is 17.1 Å². The molecule has 0 heterocycles. The topological polar surface area (TPSA) is 40.5 Å². The molecule has 0 aliphatic rings. The maximum atomic E-state index is 13.4. The first-order valence-corrected chi connectivity index (χ1v) is 7.20. The Kier molecular flexibility index (Phi) is 4.63. The van der Waals surface area contributed by atoms with Crippen LogP contribution >= 0.6 is 15.9 Å². The fourth-order valence-electron chi connectivity index (χ4n) is 2.03. The summed E-state index contributed by atoms with van der Waals surface area (Å²) in [5.74, 6) is -0.553. The summed E-state index contributed by atoms with van der Waals surface area (Å²) in [7, 11) is 1.67. The van der Waals surface area contributed by atoms with Gasteiger partial charge in [0.1, 0.15) is 11.6 Å². The predicted octanol–water partition coefficient (Wildman–Crippen LogP) is 4.13. The van der Waals surface area contributed by atoms with Crippen LogP contribution in [0.1, 0.15) is 28.9 Å². The van der Waals surface area contributed by atoms with E-state index in [1.807, 2.05) is 6.92 Å². The van der Waals surface area contributed by atoms with Crippen molar-refractivity contribution >= 4 is 21.8 Å². The van der Waals surface area contributed by atoms with Gasteiger partial charge in [-0.25, -0.2) is 4.39 Å². The summed E-state index contributed by atoms with van der Waals surface area (Å²) in [6.45, 7) is 1.87.